The molecule has 0 bridgehead atoms. The largest absolute Gasteiger partial charge is 0.463 e. The molecule has 1 aromatic carbocycles. The molecule has 0 heterocycles. The monoisotopic (exact) mass is 282 g/mol. The Balaban J connectivity index is 2.55. The normalized spacial score (nSPS) is 10.5. The van der Waals surface area contributed by atoms with Crippen LogP contribution in [0.1, 0.15) is 18.9 Å². The molecule has 1 aromatic rings. The van der Waals surface area contributed by atoms with Crippen molar-refractivity contribution in [3.63, 3.8) is 0 Å². The van der Waals surface area contributed by atoms with E-state index in [-0.39, 0.29) is 0 Å². The van der Waals surface area contributed by atoms with E-state index >= 15 is 0 Å². The van der Waals surface area contributed by atoms with Crippen LogP contribution in [-0.2, 0) is 14.3 Å². The van der Waals surface area contributed by atoms with Crippen LogP contribution in [0, 0.1) is 6.92 Å². The van der Waals surface area contributed by atoms with E-state index in [1.54, 1.807) is 25.1 Å². The predicted octanol–water partition coefficient (Wildman–Crippen LogP) is 3.06. The van der Waals surface area contributed by atoms with Crippen LogP contribution in [-0.4, -0.2) is 18.5 Å². The number of hydrogen-bond acceptors (Lipinski definition) is 4. The van der Waals surface area contributed by atoms with Crippen molar-refractivity contribution in [3.8, 4) is 5.75 Å². The van der Waals surface area contributed by atoms with Crippen molar-refractivity contribution in [1.82, 2.24) is 0 Å². The molecule has 0 aromatic heterocycles. The minimum absolute atomic E-state index is 0.328. The zero-order valence-corrected chi connectivity index (χ0v) is 11.6. The highest BCUT2D eigenvalue weighted by molar-refractivity contribution is 6.30. The standard InChI is InChI=1S/C14H15ClO4/c1-3-8-18-13(16)6-7-14(17)19-12-5-4-11(15)9-10(12)2/h4-7,9H,3,8H2,1-2H3/b7-6+. The van der Waals surface area contributed by atoms with Gasteiger partial charge in [0.1, 0.15) is 5.75 Å². The summed E-state index contributed by atoms with van der Waals surface area (Å²) in [4.78, 5) is 22.6. The van der Waals surface area contributed by atoms with Gasteiger partial charge in [-0.2, -0.15) is 0 Å². The Kier molecular flexibility index (Phi) is 6.09. The molecular weight excluding hydrogens is 268 g/mol. The first-order valence-corrected chi connectivity index (χ1v) is 6.23. The zero-order valence-electron chi connectivity index (χ0n) is 10.8. The average molecular weight is 283 g/mol. The molecular formula is C14H15ClO4. The number of carbonyl (C=O) groups is 2. The van der Waals surface area contributed by atoms with Gasteiger partial charge < -0.3 is 9.47 Å². The van der Waals surface area contributed by atoms with Crippen LogP contribution in [0.3, 0.4) is 0 Å². The van der Waals surface area contributed by atoms with Crippen LogP contribution in [0.5, 0.6) is 5.75 Å². The molecule has 0 atom stereocenters. The Labute approximate surface area is 117 Å². The Morgan fingerprint density at radius 2 is 1.95 bits per heavy atom. The van der Waals surface area contributed by atoms with Crippen molar-refractivity contribution in [2.75, 3.05) is 6.61 Å². The van der Waals surface area contributed by atoms with E-state index < -0.39 is 11.9 Å². The molecule has 0 fully saturated rings. The summed E-state index contributed by atoms with van der Waals surface area (Å²) in [6.07, 6.45) is 2.81. The van der Waals surface area contributed by atoms with E-state index in [1.165, 1.54) is 0 Å². The van der Waals surface area contributed by atoms with E-state index in [9.17, 15) is 9.59 Å². The number of esters is 2. The maximum Gasteiger partial charge on any atom is 0.336 e. The summed E-state index contributed by atoms with van der Waals surface area (Å²) in [6.45, 7) is 3.98. The van der Waals surface area contributed by atoms with Gasteiger partial charge in [-0.25, -0.2) is 9.59 Å². The van der Waals surface area contributed by atoms with Gasteiger partial charge in [0.15, 0.2) is 0 Å². The number of ether oxygens (including phenoxy) is 2. The lowest BCUT2D eigenvalue weighted by atomic mass is 10.2. The Hall–Kier alpha value is -1.81. The molecule has 0 unspecified atom stereocenters. The fraction of sp³-hybridized carbons (Fsp3) is 0.286. The predicted molar refractivity (Wildman–Crippen MR) is 72.2 cm³/mol. The average Bonchev–Trinajstić information content (AvgIpc) is 2.37. The van der Waals surface area contributed by atoms with Gasteiger partial charge in [0, 0.05) is 17.2 Å². The van der Waals surface area contributed by atoms with E-state index in [0.717, 1.165) is 24.1 Å². The first kappa shape index (κ1) is 15.2. The maximum absolute atomic E-state index is 11.5. The van der Waals surface area contributed by atoms with Crippen LogP contribution in [0.25, 0.3) is 0 Å². The number of carbonyl (C=O) groups excluding carboxylic acids is 2. The lowest BCUT2D eigenvalue weighted by Gasteiger charge is -2.05. The minimum Gasteiger partial charge on any atom is -0.463 e. The lowest BCUT2D eigenvalue weighted by molar-refractivity contribution is -0.138. The molecule has 5 heteroatoms. The molecule has 102 valence electrons. The summed E-state index contributed by atoms with van der Waals surface area (Å²) in [5, 5.41) is 0.566. The lowest BCUT2D eigenvalue weighted by Crippen LogP contribution is -2.07. The van der Waals surface area contributed by atoms with Crippen LogP contribution in [0.2, 0.25) is 5.02 Å². The second-order valence-electron chi connectivity index (χ2n) is 3.83. The van der Waals surface area contributed by atoms with Gasteiger partial charge in [-0.1, -0.05) is 18.5 Å². The Morgan fingerprint density at radius 1 is 1.26 bits per heavy atom. The fourth-order valence-corrected chi connectivity index (χ4v) is 1.48. The maximum atomic E-state index is 11.5. The first-order valence-electron chi connectivity index (χ1n) is 5.85. The Morgan fingerprint density at radius 3 is 2.58 bits per heavy atom. The summed E-state index contributed by atoms with van der Waals surface area (Å²) in [5.74, 6) is -0.800. The molecule has 0 saturated heterocycles. The second-order valence-corrected chi connectivity index (χ2v) is 4.27. The smallest absolute Gasteiger partial charge is 0.336 e. The highest BCUT2D eigenvalue weighted by atomic mass is 35.5. The third-order valence-corrected chi connectivity index (χ3v) is 2.39. The molecule has 0 amide bonds. The number of rotatable bonds is 5. The van der Waals surface area contributed by atoms with Gasteiger partial charge >= 0.3 is 11.9 Å². The Bertz CT molecular complexity index is 494. The molecule has 1 rings (SSSR count). The summed E-state index contributed by atoms with van der Waals surface area (Å²) in [6, 6.07) is 4.90. The summed E-state index contributed by atoms with van der Waals surface area (Å²) in [7, 11) is 0. The number of aryl methyl sites for hydroxylation is 1. The van der Waals surface area contributed by atoms with Gasteiger partial charge in [-0.3, -0.25) is 0 Å². The molecule has 0 radical (unpaired) electrons. The van der Waals surface area contributed by atoms with Crippen molar-refractivity contribution >= 4 is 23.5 Å². The number of benzene rings is 1. The molecule has 0 N–H and O–H groups in total. The number of halogens is 1. The van der Waals surface area contributed by atoms with E-state index in [4.69, 9.17) is 21.1 Å². The van der Waals surface area contributed by atoms with Gasteiger partial charge in [0.05, 0.1) is 6.61 Å². The molecule has 0 aliphatic heterocycles. The van der Waals surface area contributed by atoms with Crippen molar-refractivity contribution in [3.05, 3.63) is 40.9 Å². The first-order chi connectivity index (χ1) is 9.02. The third kappa shape index (κ3) is 5.57. The van der Waals surface area contributed by atoms with Crippen molar-refractivity contribution in [2.45, 2.75) is 20.3 Å². The van der Waals surface area contributed by atoms with E-state index in [2.05, 4.69) is 0 Å². The molecule has 0 aliphatic rings. The summed E-state index contributed by atoms with van der Waals surface area (Å²) < 4.78 is 9.84. The van der Waals surface area contributed by atoms with Crippen molar-refractivity contribution < 1.29 is 19.1 Å². The van der Waals surface area contributed by atoms with Crippen molar-refractivity contribution in [2.24, 2.45) is 0 Å². The fourth-order valence-electron chi connectivity index (χ4n) is 1.26. The minimum atomic E-state index is -0.640. The van der Waals surface area contributed by atoms with Crippen LogP contribution in [0.15, 0.2) is 30.4 Å². The van der Waals surface area contributed by atoms with Crippen LogP contribution >= 0.6 is 11.6 Å². The summed E-state index contributed by atoms with van der Waals surface area (Å²) >= 11 is 5.79. The number of hydrogen-bond donors (Lipinski definition) is 0. The topological polar surface area (TPSA) is 52.6 Å². The molecule has 0 saturated carbocycles. The van der Waals surface area contributed by atoms with Gasteiger partial charge in [-0.05, 0) is 37.1 Å². The highest BCUT2D eigenvalue weighted by Crippen LogP contribution is 2.21. The van der Waals surface area contributed by atoms with Crippen LogP contribution in [0.4, 0.5) is 0 Å². The van der Waals surface area contributed by atoms with Gasteiger partial charge in [-0.15, -0.1) is 0 Å². The van der Waals surface area contributed by atoms with Gasteiger partial charge in [0.2, 0.25) is 0 Å². The SMILES string of the molecule is CCCOC(=O)/C=C/C(=O)Oc1ccc(Cl)cc1C. The summed E-state index contributed by atoms with van der Waals surface area (Å²) in [5.41, 5.74) is 0.739. The third-order valence-electron chi connectivity index (χ3n) is 2.15. The quantitative estimate of drug-likeness (QED) is 0.473. The second kappa shape index (κ2) is 7.59. The van der Waals surface area contributed by atoms with E-state index in [1.807, 2.05) is 6.92 Å². The molecule has 4 nitrogen and oxygen atoms in total. The highest BCUT2D eigenvalue weighted by Gasteiger charge is 2.05. The molecule has 0 aliphatic carbocycles. The zero-order chi connectivity index (χ0) is 14.3. The van der Waals surface area contributed by atoms with E-state index in [0.29, 0.717) is 17.4 Å². The van der Waals surface area contributed by atoms with Gasteiger partial charge in [0.25, 0.3) is 0 Å². The van der Waals surface area contributed by atoms with Crippen molar-refractivity contribution in [1.29, 1.82) is 0 Å². The molecule has 0 spiro atoms. The molecule has 19 heavy (non-hydrogen) atoms. The van der Waals surface area contributed by atoms with Crippen LogP contribution < -0.4 is 4.74 Å².